The molecule has 0 amide bonds. The number of hydrogen-bond acceptors (Lipinski definition) is 4. The number of carbonyl (C=O) groups excluding carboxylic acids is 1. The summed E-state index contributed by atoms with van der Waals surface area (Å²) in [5.41, 5.74) is 2.03. The number of rotatable bonds is 1. The fourth-order valence-corrected chi connectivity index (χ4v) is 1.38. The van der Waals surface area contributed by atoms with E-state index in [0.29, 0.717) is 11.1 Å². The molecule has 0 saturated carbocycles. The smallest absolute Gasteiger partial charge is 0.337 e. The Balaban J connectivity index is 2.64. The molecule has 0 aliphatic rings. The molecule has 14 heavy (non-hydrogen) atoms. The normalized spacial score (nSPS) is 10.4. The molecule has 0 aliphatic heterocycles. The van der Waals surface area contributed by atoms with Crippen molar-refractivity contribution in [2.45, 2.75) is 6.92 Å². The van der Waals surface area contributed by atoms with Crippen LogP contribution in [0, 0.1) is 6.92 Å². The minimum Gasteiger partial charge on any atom is -0.465 e. The summed E-state index contributed by atoms with van der Waals surface area (Å²) in [7, 11) is 1.35. The van der Waals surface area contributed by atoms with Gasteiger partial charge in [-0.25, -0.2) is 4.79 Å². The van der Waals surface area contributed by atoms with Crippen LogP contribution in [0.15, 0.2) is 22.9 Å². The lowest BCUT2D eigenvalue weighted by Crippen LogP contribution is -2.01. The molecule has 0 spiro atoms. The van der Waals surface area contributed by atoms with Gasteiger partial charge in [-0.15, -0.1) is 0 Å². The van der Waals surface area contributed by atoms with Crippen LogP contribution in [-0.2, 0) is 4.74 Å². The lowest BCUT2D eigenvalue weighted by molar-refractivity contribution is 0.0600. The maximum atomic E-state index is 11.2. The standard InChI is InChI=1S/C10H9NO3/c1-6-3-7(10(12)13-2)4-9-8(6)5-11-14-9/h3-5H,1-2H3. The molecular formula is C10H9NO3. The van der Waals surface area contributed by atoms with Gasteiger partial charge in [0.1, 0.15) is 0 Å². The lowest BCUT2D eigenvalue weighted by atomic mass is 10.1. The molecule has 0 unspecified atom stereocenters. The number of nitrogens with zero attached hydrogens (tertiary/aromatic N) is 1. The maximum Gasteiger partial charge on any atom is 0.337 e. The summed E-state index contributed by atoms with van der Waals surface area (Å²) in [5.74, 6) is -0.369. The first kappa shape index (κ1) is 8.74. The number of hydrogen-bond donors (Lipinski definition) is 0. The highest BCUT2D eigenvalue weighted by Gasteiger charge is 2.10. The number of ether oxygens (including phenoxy) is 1. The number of carbonyl (C=O) groups is 1. The van der Waals surface area contributed by atoms with Crippen molar-refractivity contribution >= 4 is 16.9 Å². The van der Waals surface area contributed by atoms with Gasteiger partial charge in [-0.05, 0) is 24.6 Å². The molecule has 4 heteroatoms. The van der Waals surface area contributed by atoms with Crippen molar-refractivity contribution in [3.8, 4) is 0 Å². The Morgan fingerprint density at radius 2 is 2.29 bits per heavy atom. The van der Waals surface area contributed by atoms with E-state index in [1.54, 1.807) is 18.3 Å². The van der Waals surface area contributed by atoms with Crippen molar-refractivity contribution in [1.29, 1.82) is 0 Å². The highest BCUT2D eigenvalue weighted by molar-refractivity contribution is 5.94. The topological polar surface area (TPSA) is 52.3 Å². The van der Waals surface area contributed by atoms with Crippen molar-refractivity contribution in [1.82, 2.24) is 5.16 Å². The van der Waals surface area contributed by atoms with Gasteiger partial charge in [0.05, 0.1) is 18.9 Å². The molecular weight excluding hydrogens is 182 g/mol. The highest BCUT2D eigenvalue weighted by Crippen LogP contribution is 2.20. The molecule has 0 N–H and O–H groups in total. The Hall–Kier alpha value is -1.84. The van der Waals surface area contributed by atoms with Crippen LogP contribution in [0.2, 0.25) is 0 Å². The van der Waals surface area contributed by atoms with Gasteiger partial charge in [-0.3, -0.25) is 0 Å². The molecule has 2 aromatic rings. The average Bonchev–Trinajstić information content (AvgIpc) is 2.64. The number of fused-ring (bicyclic) bond motifs is 1. The lowest BCUT2D eigenvalue weighted by Gasteiger charge is -2.00. The second-order valence-corrected chi connectivity index (χ2v) is 3.02. The van der Waals surface area contributed by atoms with Gasteiger partial charge in [0.15, 0.2) is 5.58 Å². The van der Waals surface area contributed by atoms with Crippen LogP contribution in [0.4, 0.5) is 0 Å². The molecule has 4 nitrogen and oxygen atoms in total. The largest absolute Gasteiger partial charge is 0.465 e. The zero-order chi connectivity index (χ0) is 10.1. The number of aromatic nitrogens is 1. The zero-order valence-electron chi connectivity index (χ0n) is 7.90. The highest BCUT2D eigenvalue weighted by atomic mass is 16.5. The molecule has 1 aromatic heterocycles. The number of aryl methyl sites for hydroxylation is 1. The molecule has 2 rings (SSSR count). The molecule has 0 fully saturated rings. The van der Waals surface area contributed by atoms with Crippen molar-refractivity contribution in [2.24, 2.45) is 0 Å². The van der Waals surface area contributed by atoms with E-state index >= 15 is 0 Å². The van der Waals surface area contributed by atoms with Crippen molar-refractivity contribution in [2.75, 3.05) is 7.11 Å². The van der Waals surface area contributed by atoms with Crippen LogP contribution in [0.1, 0.15) is 15.9 Å². The third kappa shape index (κ3) is 1.25. The van der Waals surface area contributed by atoms with Crippen LogP contribution in [0.3, 0.4) is 0 Å². The molecule has 1 heterocycles. The molecule has 0 atom stereocenters. The van der Waals surface area contributed by atoms with Crippen molar-refractivity contribution < 1.29 is 14.1 Å². The Morgan fingerprint density at radius 1 is 1.50 bits per heavy atom. The Kier molecular flexibility index (Phi) is 1.96. The predicted octanol–water partition coefficient (Wildman–Crippen LogP) is 1.92. The number of benzene rings is 1. The predicted molar refractivity (Wildman–Crippen MR) is 50.1 cm³/mol. The van der Waals surface area contributed by atoms with Crippen LogP contribution in [0.5, 0.6) is 0 Å². The van der Waals surface area contributed by atoms with E-state index in [-0.39, 0.29) is 5.97 Å². The van der Waals surface area contributed by atoms with Gasteiger partial charge in [0.2, 0.25) is 0 Å². The fraction of sp³-hybridized carbons (Fsp3) is 0.200. The third-order valence-electron chi connectivity index (χ3n) is 2.10. The van der Waals surface area contributed by atoms with Gasteiger partial charge < -0.3 is 9.26 Å². The summed E-state index contributed by atoms with van der Waals surface area (Å²) < 4.78 is 9.59. The Morgan fingerprint density at radius 3 is 3.00 bits per heavy atom. The van der Waals surface area contributed by atoms with E-state index in [4.69, 9.17) is 4.52 Å². The summed E-state index contributed by atoms with van der Waals surface area (Å²) >= 11 is 0. The molecule has 1 aromatic carbocycles. The number of methoxy groups -OCH3 is 1. The Bertz CT molecular complexity index is 487. The van der Waals surface area contributed by atoms with Crippen LogP contribution >= 0.6 is 0 Å². The quantitative estimate of drug-likeness (QED) is 0.646. The van der Waals surface area contributed by atoms with Gasteiger partial charge in [-0.1, -0.05) is 5.16 Å². The first-order valence-corrected chi connectivity index (χ1v) is 4.15. The summed E-state index contributed by atoms with van der Waals surface area (Å²) in [5, 5.41) is 4.58. The molecule has 0 radical (unpaired) electrons. The first-order valence-electron chi connectivity index (χ1n) is 4.15. The van der Waals surface area contributed by atoms with Gasteiger partial charge in [0.25, 0.3) is 0 Å². The maximum absolute atomic E-state index is 11.2. The van der Waals surface area contributed by atoms with Crippen LogP contribution < -0.4 is 0 Å². The van der Waals surface area contributed by atoms with Crippen molar-refractivity contribution in [3.05, 3.63) is 29.5 Å². The van der Waals surface area contributed by atoms with E-state index in [2.05, 4.69) is 9.89 Å². The molecule has 0 bridgehead atoms. The van der Waals surface area contributed by atoms with E-state index < -0.39 is 0 Å². The first-order chi connectivity index (χ1) is 6.72. The van der Waals surface area contributed by atoms with E-state index in [9.17, 15) is 4.79 Å². The second-order valence-electron chi connectivity index (χ2n) is 3.02. The molecule has 72 valence electrons. The van der Waals surface area contributed by atoms with Gasteiger partial charge in [0, 0.05) is 5.39 Å². The second kappa shape index (κ2) is 3.14. The van der Waals surface area contributed by atoms with Crippen LogP contribution in [-0.4, -0.2) is 18.2 Å². The third-order valence-corrected chi connectivity index (χ3v) is 2.10. The Labute approximate surface area is 80.4 Å². The van der Waals surface area contributed by atoms with Gasteiger partial charge in [-0.2, -0.15) is 0 Å². The number of esters is 1. The minimum atomic E-state index is -0.369. The van der Waals surface area contributed by atoms with E-state index in [1.807, 2.05) is 6.92 Å². The minimum absolute atomic E-state index is 0.369. The summed E-state index contributed by atoms with van der Waals surface area (Å²) in [6, 6.07) is 3.38. The summed E-state index contributed by atoms with van der Waals surface area (Å²) in [4.78, 5) is 11.2. The van der Waals surface area contributed by atoms with Gasteiger partial charge >= 0.3 is 5.97 Å². The van der Waals surface area contributed by atoms with Crippen molar-refractivity contribution in [3.63, 3.8) is 0 Å². The zero-order valence-corrected chi connectivity index (χ0v) is 7.90. The van der Waals surface area contributed by atoms with E-state index in [1.165, 1.54) is 7.11 Å². The molecule has 0 saturated heterocycles. The average molecular weight is 191 g/mol. The molecule has 0 aliphatic carbocycles. The summed E-state index contributed by atoms with van der Waals surface area (Å²) in [6.07, 6.45) is 1.63. The summed E-state index contributed by atoms with van der Waals surface area (Å²) in [6.45, 7) is 1.89. The monoisotopic (exact) mass is 191 g/mol. The SMILES string of the molecule is COC(=O)c1cc(C)c2cnoc2c1. The van der Waals surface area contributed by atoms with E-state index in [0.717, 1.165) is 10.9 Å². The van der Waals surface area contributed by atoms with Crippen LogP contribution in [0.25, 0.3) is 11.0 Å². The fourth-order valence-electron chi connectivity index (χ4n) is 1.38.